The fourth-order valence-electron chi connectivity index (χ4n) is 3.45. The Balaban J connectivity index is 2.20. The van der Waals surface area contributed by atoms with Crippen LogP contribution in [0.15, 0.2) is 24.8 Å². The van der Waals surface area contributed by atoms with E-state index in [1.807, 2.05) is 0 Å². The summed E-state index contributed by atoms with van der Waals surface area (Å²) in [5.74, 6) is -2.66. The van der Waals surface area contributed by atoms with Crippen molar-refractivity contribution < 1.29 is 32.3 Å². The molecule has 5 nitrogen and oxygen atoms in total. The summed E-state index contributed by atoms with van der Waals surface area (Å²) in [5.41, 5.74) is 1.48. The van der Waals surface area contributed by atoms with Crippen LogP contribution in [0.1, 0.15) is 35.4 Å². The minimum atomic E-state index is -4.46. The summed E-state index contributed by atoms with van der Waals surface area (Å²) in [7, 11) is 0. The number of ketones is 2. The molecule has 2 rings (SSSR count). The highest BCUT2D eigenvalue weighted by atomic mass is 19.4. The Morgan fingerprint density at radius 2 is 1.89 bits per heavy atom. The van der Waals surface area contributed by atoms with Gasteiger partial charge in [-0.25, -0.2) is 0 Å². The van der Waals surface area contributed by atoms with Crippen LogP contribution < -0.4 is 10.1 Å². The number of benzene rings is 1. The number of alkyl halides is 3. The lowest BCUT2D eigenvalue weighted by atomic mass is 9.87. The summed E-state index contributed by atoms with van der Waals surface area (Å²) in [5, 5.41) is 2.58. The highest BCUT2D eigenvalue weighted by molar-refractivity contribution is 6.15. The Morgan fingerprint density at radius 1 is 1.29 bits per heavy atom. The maximum Gasteiger partial charge on any atom is 0.422 e. The standard InChI is InChI=1S/C20H22F3NO4/c1-4-5-24-16(26)9-13-8-15(25)18(19(13)27)17-11(2)6-14(7-12(17)3)28-10-20(21,22)23/h4,6-7,13,18H,1,5,8-10H2,2-3H3,(H,24,26). The Kier molecular flexibility index (Phi) is 6.64. The van der Waals surface area contributed by atoms with Gasteiger partial charge in [0.25, 0.3) is 0 Å². The van der Waals surface area contributed by atoms with Crippen LogP contribution in [0.3, 0.4) is 0 Å². The van der Waals surface area contributed by atoms with Crippen molar-refractivity contribution >= 4 is 17.5 Å². The van der Waals surface area contributed by atoms with E-state index in [-0.39, 0.29) is 42.6 Å². The van der Waals surface area contributed by atoms with Gasteiger partial charge in [-0.3, -0.25) is 14.4 Å². The zero-order valence-electron chi connectivity index (χ0n) is 15.7. The van der Waals surface area contributed by atoms with Crippen molar-refractivity contribution in [1.29, 1.82) is 0 Å². The number of rotatable bonds is 7. The van der Waals surface area contributed by atoms with Crippen LogP contribution in [0.5, 0.6) is 5.75 Å². The lowest BCUT2D eigenvalue weighted by Gasteiger charge is -2.18. The van der Waals surface area contributed by atoms with Gasteiger partial charge in [0.1, 0.15) is 17.5 Å². The zero-order valence-corrected chi connectivity index (χ0v) is 15.7. The lowest BCUT2D eigenvalue weighted by molar-refractivity contribution is -0.153. The number of nitrogens with one attached hydrogen (secondary N) is 1. The molecule has 2 unspecified atom stereocenters. The molecule has 1 aromatic carbocycles. The molecule has 1 aliphatic carbocycles. The van der Waals surface area contributed by atoms with Crippen LogP contribution in [0.2, 0.25) is 0 Å². The molecule has 0 bridgehead atoms. The van der Waals surface area contributed by atoms with Crippen LogP contribution in [0.25, 0.3) is 0 Å². The maximum atomic E-state index is 12.8. The summed E-state index contributed by atoms with van der Waals surface area (Å²) in [6.07, 6.45) is -3.06. The van der Waals surface area contributed by atoms with Crippen molar-refractivity contribution in [3.63, 3.8) is 0 Å². The number of halogens is 3. The second-order valence-electron chi connectivity index (χ2n) is 6.87. The summed E-state index contributed by atoms with van der Waals surface area (Å²) in [6.45, 7) is 5.58. The zero-order chi connectivity index (χ0) is 21.1. The van der Waals surface area contributed by atoms with E-state index in [4.69, 9.17) is 4.74 Å². The molecule has 0 aliphatic heterocycles. The van der Waals surface area contributed by atoms with E-state index in [1.165, 1.54) is 18.2 Å². The number of ether oxygens (including phenoxy) is 1. The Hall–Kier alpha value is -2.64. The van der Waals surface area contributed by atoms with E-state index >= 15 is 0 Å². The molecule has 8 heteroatoms. The minimum Gasteiger partial charge on any atom is -0.484 e. The summed E-state index contributed by atoms with van der Waals surface area (Å²) >= 11 is 0. The maximum absolute atomic E-state index is 12.8. The van der Waals surface area contributed by atoms with Gasteiger partial charge < -0.3 is 10.1 Å². The van der Waals surface area contributed by atoms with E-state index in [9.17, 15) is 27.6 Å². The van der Waals surface area contributed by atoms with Crippen molar-refractivity contribution in [1.82, 2.24) is 5.32 Å². The molecule has 1 aromatic rings. The van der Waals surface area contributed by atoms with E-state index in [1.54, 1.807) is 13.8 Å². The van der Waals surface area contributed by atoms with Gasteiger partial charge in [0.2, 0.25) is 5.91 Å². The fourth-order valence-corrected chi connectivity index (χ4v) is 3.45. The van der Waals surface area contributed by atoms with Crippen molar-refractivity contribution in [3.8, 4) is 5.75 Å². The number of amides is 1. The summed E-state index contributed by atoms with van der Waals surface area (Å²) in [6, 6.07) is 2.78. The molecule has 0 aromatic heterocycles. The number of carbonyl (C=O) groups is 3. The predicted molar refractivity (Wildman–Crippen MR) is 96.2 cm³/mol. The van der Waals surface area contributed by atoms with Crippen LogP contribution >= 0.6 is 0 Å². The van der Waals surface area contributed by atoms with E-state index in [0.717, 1.165) is 0 Å². The topological polar surface area (TPSA) is 72.5 Å². The molecule has 2 atom stereocenters. The highest BCUT2D eigenvalue weighted by Crippen LogP contribution is 2.38. The fraction of sp³-hybridized carbons (Fsp3) is 0.450. The number of carbonyl (C=O) groups excluding carboxylic acids is 3. The third-order valence-corrected chi connectivity index (χ3v) is 4.59. The second-order valence-corrected chi connectivity index (χ2v) is 6.87. The van der Waals surface area contributed by atoms with Gasteiger partial charge in [-0.05, 0) is 42.7 Å². The van der Waals surface area contributed by atoms with Crippen molar-refractivity contribution in [2.45, 2.75) is 38.8 Å². The van der Waals surface area contributed by atoms with Gasteiger partial charge in [-0.2, -0.15) is 13.2 Å². The SMILES string of the molecule is C=CCNC(=O)CC1CC(=O)C(c2c(C)cc(OCC(F)(F)F)cc2C)C1=O. The van der Waals surface area contributed by atoms with Gasteiger partial charge in [0.15, 0.2) is 12.4 Å². The predicted octanol–water partition coefficient (Wildman–Crippen LogP) is 3.18. The minimum absolute atomic E-state index is 0.0225. The first kappa shape index (κ1) is 21.7. The molecule has 1 fully saturated rings. The number of aryl methyl sites for hydroxylation is 2. The lowest BCUT2D eigenvalue weighted by Crippen LogP contribution is -2.27. The van der Waals surface area contributed by atoms with Crippen molar-refractivity contribution in [2.24, 2.45) is 5.92 Å². The number of hydrogen-bond acceptors (Lipinski definition) is 4. The first-order valence-electron chi connectivity index (χ1n) is 8.78. The van der Waals surface area contributed by atoms with Crippen LogP contribution in [-0.4, -0.2) is 36.8 Å². The molecule has 28 heavy (non-hydrogen) atoms. The van der Waals surface area contributed by atoms with Crippen molar-refractivity contribution in [2.75, 3.05) is 13.2 Å². The molecule has 152 valence electrons. The van der Waals surface area contributed by atoms with Crippen LogP contribution in [-0.2, 0) is 14.4 Å². The molecule has 0 heterocycles. The first-order valence-corrected chi connectivity index (χ1v) is 8.78. The summed E-state index contributed by atoms with van der Waals surface area (Å²) < 4.78 is 41.8. The Labute approximate surface area is 160 Å². The van der Waals surface area contributed by atoms with Gasteiger partial charge >= 0.3 is 6.18 Å². The average molecular weight is 397 g/mol. The monoisotopic (exact) mass is 397 g/mol. The van der Waals surface area contributed by atoms with E-state index < -0.39 is 24.6 Å². The van der Waals surface area contributed by atoms with Crippen molar-refractivity contribution in [3.05, 3.63) is 41.5 Å². The normalized spacial score (nSPS) is 19.6. The largest absolute Gasteiger partial charge is 0.484 e. The third kappa shape index (κ3) is 5.21. The molecule has 1 aliphatic rings. The van der Waals surface area contributed by atoms with E-state index in [2.05, 4.69) is 11.9 Å². The summed E-state index contributed by atoms with van der Waals surface area (Å²) in [4.78, 5) is 37.1. The molecule has 1 saturated carbocycles. The average Bonchev–Trinajstić information content (AvgIpc) is 2.84. The molecular formula is C20H22F3NO4. The molecular weight excluding hydrogens is 375 g/mol. The Morgan fingerprint density at radius 3 is 2.43 bits per heavy atom. The molecule has 0 spiro atoms. The first-order chi connectivity index (χ1) is 13.0. The molecule has 1 amide bonds. The van der Waals surface area contributed by atoms with Crippen LogP contribution in [0, 0.1) is 19.8 Å². The highest BCUT2D eigenvalue weighted by Gasteiger charge is 2.43. The number of hydrogen-bond donors (Lipinski definition) is 1. The Bertz CT molecular complexity index is 778. The van der Waals surface area contributed by atoms with E-state index in [0.29, 0.717) is 16.7 Å². The van der Waals surface area contributed by atoms with Gasteiger partial charge in [0.05, 0.1) is 0 Å². The van der Waals surface area contributed by atoms with Gasteiger partial charge in [-0.1, -0.05) is 6.08 Å². The van der Waals surface area contributed by atoms with Crippen LogP contribution in [0.4, 0.5) is 13.2 Å². The smallest absolute Gasteiger partial charge is 0.422 e. The third-order valence-electron chi connectivity index (χ3n) is 4.59. The van der Waals surface area contributed by atoms with Gasteiger partial charge in [0, 0.05) is 25.3 Å². The number of Topliss-reactive ketones (excluding diaryl/α,β-unsaturated/α-hetero) is 2. The quantitative estimate of drug-likeness (QED) is 0.567. The van der Waals surface area contributed by atoms with Gasteiger partial charge in [-0.15, -0.1) is 6.58 Å². The molecule has 0 radical (unpaired) electrons. The molecule has 1 N–H and O–H groups in total. The second kappa shape index (κ2) is 8.58. The molecule has 0 saturated heterocycles.